The van der Waals surface area contributed by atoms with Crippen LogP contribution in [0.2, 0.25) is 0 Å². The molecule has 1 aromatic carbocycles. The zero-order valence-corrected chi connectivity index (χ0v) is 8.96. The average molecular weight is 205 g/mol. The molecule has 0 atom stereocenters. The SMILES string of the molecule is Bc1c(NC(C)=O)cccc1C(=O)OC. The van der Waals surface area contributed by atoms with Crippen molar-refractivity contribution >= 4 is 30.9 Å². The largest absolute Gasteiger partial charge is 0.465 e. The molecule has 0 aliphatic rings. The summed E-state index contributed by atoms with van der Waals surface area (Å²) in [5, 5.41) is 2.65. The van der Waals surface area contributed by atoms with Crippen LogP contribution in [0.3, 0.4) is 0 Å². The van der Waals surface area contributed by atoms with E-state index in [1.807, 2.05) is 0 Å². The van der Waals surface area contributed by atoms with E-state index < -0.39 is 5.97 Å². The molecule has 15 heavy (non-hydrogen) atoms. The van der Waals surface area contributed by atoms with Crippen molar-refractivity contribution in [2.75, 3.05) is 12.4 Å². The third-order valence-electron chi connectivity index (χ3n) is 2.05. The first-order valence-electron chi connectivity index (χ1n) is 4.51. The number of amides is 1. The van der Waals surface area contributed by atoms with Crippen molar-refractivity contribution in [1.29, 1.82) is 0 Å². The van der Waals surface area contributed by atoms with E-state index in [2.05, 4.69) is 10.1 Å². The van der Waals surface area contributed by atoms with Crippen LogP contribution in [0, 0.1) is 0 Å². The Morgan fingerprint density at radius 3 is 2.60 bits per heavy atom. The zero-order valence-electron chi connectivity index (χ0n) is 8.96. The lowest BCUT2D eigenvalue weighted by Crippen LogP contribution is -2.22. The number of anilines is 1. The first kappa shape index (κ1) is 11.3. The molecule has 4 nitrogen and oxygen atoms in total. The van der Waals surface area contributed by atoms with Crippen molar-refractivity contribution in [3.63, 3.8) is 0 Å². The van der Waals surface area contributed by atoms with Gasteiger partial charge in [-0.3, -0.25) is 4.79 Å². The molecule has 0 fully saturated rings. The quantitative estimate of drug-likeness (QED) is 0.532. The number of nitrogens with one attached hydrogen (secondary N) is 1. The fourth-order valence-corrected chi connectivity index (χ4v) is 1.29. The molecule has 5 heteroatoms. The number of carbonyl (C=O) groups is 2. The Hall–Kier alpha value is -1.78. The minimum atomic E-state index is -0.403. The molecule has 0 aromatic heterocycles. The standard InChI is InChI=1S/C10H12BNO3/c1-6(13)12-8-5-3-4-7(9(8)11)10(14)15-2/h3-5H,11H2,1-2H3,(H,12,13). The molecule has 0 bridgehead atoms. The maximum atomic E-state index is 11.3. The third kappa shape index (κ3) is 2.59. The van der Waals surface area contributed by atoms with Gasteiger partial charge in [-0.1, -0.05) is 11.5 Å². The minimum Gasteiger partial charge on any atom is -0.465 e. The molecule has 1 amide bonds. The van der Waals surface area contributed by atoms with Crippen LogP contribution in [0.5, 0.6) is 0 Å². The van der Waals surface area contributed by atoms with E-state index in [0.29, 0.717) is 16.7 Å². The van der Waals surface area contributed by atoms with Gasteiger partial charge in [-0.15, -0.1) is 0 Å². The van der Waals surface area contributed by atoms with Gasteiger partial charge in [0, 0.05) is 12.6 Å². The Balaban J connectivity index is 3.11. The molecule has 0 saturated carbocycles. The molecule has 0 saturated heterocycles. The summed E-state index contributed by atoms with van der Waals surface area (Å²) in [6.07, 6.45) is 0. The summed E-state index contributed by atoms with van der Waals surface area (Å²) in [4.78, 5) is 22.2. The first-order chi connectivity index (χ1) is 7.06. The van der Waals surface area contributed by atoms with Gasteiger partial charge >= 0.3 is 5.97 Å². The number of methoxy groups -OCH3 is 1. The number of benzene rings is 1. The lowest BCUT2D eigenvalue weighted by molar-refractivity contribution is -0.114. The molecule has 1 aromatic rings. The van der Waals surface area contributed by atoms with Crippen molar-refractivity contribution < 1.29 is 14.3 Å². The van der Waals surface area contributed by atoms with E-state index in [0.717, 1.165) is 0 Å². The van der Waals surface area contributed by atoms with E-state index in [9.17, 15) is 9.59 Å². The Labute approximate surface area is 89.0 Å². The predicted octanol–water partition coefficient (Wildman–Crippen LogP) is -0.310. The lowest BCUT2D eigenvalue weighted by Gasteiger charge is -2.09. The van der Waals surface area contributed by atoms with Gasteiger partial charge in [0.2, 0.25) is 5.91 Å². The summed E-state index contributed by atoms with van der Waals surface area (Å²) < 4.78 is 4.63. The second-order valence-electron chi connectivity index (χ2n) is 3.15. The number of carbonyl (C=O) groups excluding carboxylic acids is 2. The maximum absolute atomic E-state index is 11.3. The van der Waals surface area contributed by atoms with Crippen LogP contribution in [0.15, 0.2) is 18.2 Å². The molecule has 0 radical (unpaired) electrons. The number of ether oxygens (including phenoxy) is 1. The summed E-state index contributed by atoms with van der Waals surface area (Å²) in [6, 6.07) is 5.10. The van der Waals surface area contributed by atoms with E-state index in [1.54, 1.807) is 26.0 Å². The van der Waals surface area contributed by atoms with Crippen molar-refractivity contribution in [2.45, 2.75) is 6.92 Å². The molecule has 0 heterocycles. The summed E-state index contributed by atoms with van der Waals surface area (Å²) in [5.74, 6) is -0.570. The molecule has 0 spiro atoms. The summed E-state index contributed by atoms with van der Waals surface area (Å²) in [6.45, 7) is 1.42. The number of hydrogen-bond acceptors (Lipinski definition) is 3. The van der Waals surface area contributed by atoms with Gasteiger partial charge in [-0.2, -0.15) is 0 Å². The van der Waals surface area contributed by atoms with Crippen LogP contribution >= 0.6 is 0 Å². The van der Waals surface area contributed by atoms with Gasteiger partial charge in [0.05, 0.1) is 12.7 Å². The van der Waals surface area contributed by atoms with E-state index in [4.69, 9.17) is 0 Å². The van der Waals surface area contributed by atoms with Gasteiger partial charge in [0.25, 0.3) is 0 Å². The smallest absolute Gasteiger partial charge is 0.337 e. The van der Waals surface area contributed by atoms with Gasteiger partial charge in [-0.25, -0.2) is 4.79 Å². The van der Waals surface area contributed by atoms with Crippen LogP contribution in [0.4, 0.5) is 5.69 Å². The van der Waals surface area contributed by atoms with Crippen LogP contribution in [0.25, 0.3) is 0 Å². The Kier molecular flexibility index (Phi) is 3.49. The van der Waals surface area contributed by atoms with Crippen molar-refractivity contribution in [3.05, 3.63) is 23.8 Å². The molecule has 78 valence electrons. The van der Waals surface area contributed by atoms with Crippen molar-refractivity contribution in [3.8, 4) is 0 Å². The highest BCUT2D eigenvalue weighted by Gasteiger charge is 2.11. The van der Waals surface area contributed by atoms with Crippen molar-refractivity contribution in [2.24, 2.45) is 0 Å². The zero-order chi connectivity index (χ0) is 11.4. The van der Waals surface area contributed by atoms with Gasteiger partial charge in [0.15, 0.2) is 0 Å². The normalized spacial score (nSPS) is 9.47. The summed E-state index contributed by atoms with van der Waals surface area (Å²) in [5.41, 5.74) is 1.80. The fraction of sp³-hybridized carbons (Fsp3) is 0.200. The Bertz CT molecular complexity index is 404. The van der Waals surface area contributed by atoms with E-state index in [1.165, 1.54) is 14.0 Å². The summed E-state index contributed by atoms with van der Waals surface area (Å²) in [7, 11) is 3.09. The Morgan fingerprint density at radius 1 is 1.40 bits per heavy atom. The van der Waals surface area contributed by atoms with Crippen LogP contribution < -0.4 is 10.8 Å². The highest BCUT2D eigenvalue weighted by atomic mass is 16.5. The topological polar surface area (TPSA) is 55.4 Å². The molecule has 1 N–H and O–H groups in total. The summed E-state index contributed by atoms with van der Waals surface area (Å²) >= 11 is 0. The number of esters is 1. The van der Waals surface area contributed by atoms with Crippen LogP contribution in [-0.4, -0.2) is 26.8 Å². The molecule has 0 aliphatic heterocycles. The predicted molar refractivity (Wildman–Crippen MR) is 60.3 cm³/mol. The highest BCUT2D eigenvalue weighted by molar-refractivity contribution is 6.40. The van der Waals surface area contributed by atoms with E-state index in [-0.39, 0.29) is 5.91 Å². The molecular formula is C10H12BNO3. The lowest BCUT2D eigenvalue weighted by atomic mass is 9.88. The van der Waals surface area contributed by atoms with Crippen LogP contribution in [-0.2, 0) is 9.53 Å². The maximum Gasteiger partial charge on any atom is 0.337 e. The highest BCUT2D eigenvalue weighted by Crippen LogP contribution is 2.07. The number of rotatable bonds is 2. The first-order valence-corrected chi connectivity index (χ1v) is 4.51. The number of hydrogen-bond donors (Lipinski definition) is 1. The van der Waals surface area contributed by atoms with Crippen LogP contribution in [0.1, 0.15) is 17.3 Å². The minimum absolute atomic E-state index is 0.167. The molecule has 0 aliphatic carbocycles. The second kappa shape index (κ2) is 4.64. The second-order valence-corrected chi connectivity index (χ2v) is 3.15. The Morgan fingerprint density at radius 2 is 2.07 bits per heavy atom. The van der Waals surface area contributed by atoms with E-state index >= 15 is 0 Å². The third-order valence-corrected chi connectivity index (χ3v) is 2.05. The monoisotopic (exact) mass is 205 g/mol. The van der Waals surface area contributed by atoms with Gasteiger partial charge < -0.3 is 10.1 Å². The molecule has 1 rings (SSSR count). The molecule has 0 unspecified atom stereocenters. The van der Waals surface area contributed by atoms with Crippen molar-refractivity contribution in [1.82, 2.24) is 0 Å². The fourth-order valence-electron chi connectivity index (χ4n) is 1.29. The average Bonchev–Trinajstić information content (AvgIpc) is 2.19. The van der Waals surface area contributed by atoms with Gasteiger partial charge in [0.1, 0.15) is 7.85 Å². The van der Waals surface area contributed by atoms with Gasteiger partial charge in [-0.05, 0) is 12.1 Å². The molecular weight excluding hydrogens is 193 g/mol.